The van der Waals surface area contributed by atoms with Gasteiger partial charge in [0.2, 0.25) is 0 Å². The second-order valence-corrected chi connectivity index (χ2v) is 10.7. The summed E-state index contributed by atoms with van der Waals surface area (Å²) in [6.45, 7) is 0. The molecule has 5 heteroatoms. The fourth-order valence-corrected chi connectivity index (χ4v) is 7.09. The molecule has 176 valence electrons. The van der Waals surface area contributed by atoms with Crippen LogP contribution < -0.4 is 10.6 Å². The first-order valence-corrected chi connectivity index (χ1v) is 13.2. The predicted molar refractivity (Wildman–Crippen MR) is 150 cm³/mol. The molecule has 1 aliphatic rings. The number of allylic oxidation sites excluding steroid dienone is 2. The molecule has 4 aromatic rings. The van der Waals surface area contributed by atoms with Gasteiger partial charge in [-0.05, 0) is 35.0 Å². The van der Waals surface area contributed by atoms with Crippen LogP contribution in [0.2, 0.25) is 0 Å². The Morgan fingerprint density at radius 2 is 1.42 bits per heavy atom. The Morgan fingerprint density at radius 3 is 2.03 bits per heavy atom. The molecule has 4 aromatic carbocycles. The first-order valence-electron chi connectivity index (χ1n) is 11.8. The van der Waals surface area contributed by atoms with Crippen molar-refractivity contribution in [3.8, 4) is 0 Å². The molecule has 0 aliphatic heterocycles. The SMILES string of the molecule is O=[N+]([O-])c1cccc(C=N[C@H](c2ccccc2)C2C=CC=C2P(c2ccccc2)c2ccccc2)c1. The average Bonchev–Trinajstić information content (AvgIpc) is 3.40. The van der Waals surface area contributed by atoms with Gasteiger partial charge in [-0.25, -0.2) is 0 Å². The van der Waals surface area contributed by atoms with E-state index in [1.165, 1.54) is 22.0 Å². The summed E-state index contributed by atoms with van der Waals surface area (Å²) >= 11 is 0. The van der Waals surface area contributed by atoms with E-state index < -0.39 is 7.92 Å². The lowest BCUT2D eigenvalue weighted by Crippen LogP contribution is -2.18. The van der Waals surface area contributed by atoms with E-state index in [1.807, 2.05) is 24.3 Å². The molecular formula is C31H25N2O2P. The van der Waals surface area contributed by atoms with Crippen molar-refractivity contribution in [3.05, 3.63) is 160 Å². The molecule has 0 saturated heterocycles. The lowest BCUT2D eigenvalue weighted by molar-refractivity contribution is -0.384. The number of nitro benzene ring substituents is 1. The number of benzene rings is 4. The van der Waals surface area contributed by atoms with Crippen molar-refractivity contribution in [1.29, 1.82) is 0 Å². The second-order valence-electron chi connectivity index (χ2n) is 8.49. The van der Waals surface area contributed by atoms with Gasteiger partial charge in [0.05, 0.1) is 11.0 Å². The van der Waals surface area contributed by atoms with Gasteiger partial charge in [0.1, 0.15) is 0 Å². The highest BCUT2D eigenvalue weighted by atomic mass is 31.1. The monoisotopic (exact) mass is 488 g/mol. The molecule has 0 bridgehead atoms. The van der Waals surface area contributed by atoms with Crippen LogP contribution in [0.5, 0.6) is 0 Å². The quantitative estimate of drug-likeness (QED) is 0.117. The van der Waals surface area contributed by atoms with Gasteiger partial charge in [0.25, 0.3) is 5.69 Å². The summed E-state index contributed by atoms with van der Waals surface area (Å²) < 4.78 is 0. The zero-order valence-corrected chi connectivity index (χ0v) is 20.5. The van der Waals surface area contributed by atoms with E-state index in [9.17, 15) is 10.1 Å². The normalized spacial score (nSPS) is 15.8. The lowest BCUT2D eigenvalue weighted by atomic mass is 9.94. The predicted octanol–water partition coefficient (Wildman–Crippen LogP) is 6.96. The third kappa shape index (κ3) is 5.25. The molecule has 0 saturated carbocycles. The summed E-state index contributed by atoms with van der Waals surface area (Å²) in [6.07, 6.45) is 8.38. The molecular weight excluding hydrogens is 463 g/mol. The molecule has 0 spiro atoms. The number of nitrogens with zero attached hydrogens (tertiary/aromatic N) is 2. The van der Waals surface area contributed by atoms with Crippen LogP contribution in [0, 0.1) is 16.0 Å². The van der Waals surface area contributed by atoms with Gasteiger partial charge in [-0.2, -0.15) is 0 Å². The fraction of sp³-hybridized carbons (Fsp3) is 0.0645. The van der Waals surface area contributed by atoms with Crippen molar-refractivity contribution in [2.24, 2.45) is 10.9 Å². The van der Waals surface area contributed by atoms with Crippen LogP contribution in [0.3, 0.4) is 0 Å². The van der Waals surface area contributed by atoms with Crippen molar-refractivity contribution in [2.75, 3.05) is 0 Å². The van der Waals surface area contributed by atoms with E-state index in [1.54, 1.807) is 18.3 Å². The van der Waals surface area contributed by atoms with E-state index in [0.717, 1.165) is 5.56 Å². The Kier molecular flexibility index (Phi) is 7.25. The first-order chi connectivity index (χ1) is 17.7. The summed E-state index contributed by atoms with van der Waals surface area (Å²) in [5, 5.41) is 15.2. The molecule has 0 aromatic heterocycles. The summed E-state index contributed by atoms with van der Waals surface area (Å²) in [4.78, 5) is 15.9. The first kappa shape index (κ1) is 23.6. The maximum absolute atomic E-state index is 11.3. The van der Waals surface area contributed by atoms with E-state index in [0.29, 0.717) is 5.56 Å². The summed E-state index contributed by atoms with van der Waals surface area (Å²) in [7, 11) is -0.757. The van der Waals surface area contributed by atoms with E-state index >= 15 is 0 Å². The number of hydrogen-bond acceptors (Lipinski definition) is 3. The minimum absolute atomic E-state index is 0.0632. The van der Waals surface area contributed by atoms with E-state index in [-0.39, 0.29) is 22.6 Å². The Bertz CT molecular complexity index is 1380. The number of nitro groups is 1. The molecule has 2 atom stereocenters. The minimum Gasteiger partial charge on any atom is -0.283 e. The highest BCUT2D eigenvalue weighted by Crippen LogP contribution is 2.52. The molecule has 0 heterocycles. The minimum atomic E-state index is -0.757. The number of non-ortho nitro benzene ring substituents is 1. The molecule has 36 heavy (non-hydrogen) atoms. The number of aliphatic imine (C=N–C) groups is 1. The van der Waals surface area contributed by atoms with Crippen molar-refractivity contribution >= 4 is 30.4 Å². The third-order valence-corrected chi connectivity index (χ3v) is 8.75. The van der Waals surface area contributed by atoms with E-state index in [4.69, 9.17) is 4.99 Å². The standard InChI is InChI=1S/C31H25N2O2P/c34-33(35)26-15-10-12-24(22-26)23-32-31(25-13-4-1-5-14-25)29-20-11-21-30(29)36(27-16-6-2-7-17-27)28-18-8-3-9-19-28/h1-23,29,31H/t29?,31-/m1/s1. The van der Waals surface area contributed by atoms with Gasteiger partial charge in [0, 0.05) is 24.3 Å². The van der Waals surface area contributed by atoms with Crippen LogP contribution in [-0.4, -0.2) is 11.1 Å². The van der Waals surface area contributed by atoms with Gasteiger partial charge in [-0.15, -0.1) is 0 Å². The van der Waals surface area contributed by atoms with Gasteiger partial charge >= 0.3 is 0 Å². The molecule has 1 aliphatic carbocycles. The van der Waals surface area contributed by atoms with Crippen molar-refractivity contribution < 1.29 is 4.92 Å². The highest BCUT2D eigenvalue weighted by Gasteiger charge is 2.32. The molecule has 0 radical (unpaired) electrons. The molecule has 5 rings (SSSR count). The lowest BCUT2D eigenvalue weighted by Gasteiger charge is -2.29. The smallest absolute Gasteiger partial charge is 0.270 e. The van der Waals surface area contributed by atoms with Crippen LogP contribution in [0.1, 0.15) is 17.2 Å². The zero-order chi connectivity index (χ0) is 24.7. The van der Waals surface area contributed by atoms with Crippen LogP contribution in [0.25, 0.3) is 0 Å². The second kappa shape index (κ2) is 11.1. The van der Waals surface area contributed by atoms with E-state index in [2.05, 4.69) is 91.0 Å². The number of hydrogen-bond donors (Lipinski definition) is 0. The third-order valence-electron chi connectivity index (χ3n) is 6.16. The molecule has 1 unspecified atom stereocenters. The molecule has 4 nitrogen and oxygen atoms in total. The molecule has 0 fully saturated rings. The Balaban J connectivity index is 1.56. The van der Waals surface area contributed by atoms with Crippen LogP contribution >= 0.6 is 7.92 Å². The summed E-state index contributed by atoms with van der Waals surface area (Å²) in [5.74, 6) is 0.0638. The highest BCUT2D eigenvalue weighted by molar-refractivity contribution is 7.76. The Hall–Kier alpha value is -4.14. The molecule has 0 amide bonds. The van der Waals surface area contributed by atoms with Crippen molar-refractivity contribution in [2.45, 2.75) is 6.04 Å². The van der Waals surface area contributed by atoms with Crippen LogP contribution in [-0.2, 0) is 0 Å². The largest absolute Gasteiger partial charge is 0.283 e. The Morgan fingerprint density at radius 1 is 0.806 bits per heavy atom. The fourth-order valence-electron chi connectivity index (χ4n) is 4.50. The average molecular weight is 489 g/mol. The van der Waals surface area contributed by atoms with Crippen LogP contribution in [0.4, 0.5) is 5.69 Å². The topological polar surface area (TPSA) is 55.5 Å². The maximum Gasteiger partial charge on any atom is 0.270 e. The summed E-state index contributed by atoms with van der Waals surface area (Å²) in [6, 6.07) is 38.1. The van der Waals surface area contributed by atoms with Crippen molar-refractivity contribution in [3.63, 3.8) is 0 Å². The van der Waals surface area contributed by atoms with Gasteiger partial charge in [-0.1, -0.05) is 121 Å². The van der Waals surface area contributed by atoms with Crippen LogP contribution in [0.15, 0.2) is 144 Å². The number of rotatable bonds is 8. The van der Waals surface area contributed by atoms with Crippen molar-refractivity contribution in [1.82, 2.24) is 0 Å². The molecule has 0 N–H and O–H groups in total. The zero-order valence-electron chi connectivity index (χ0n) is 19.6. The van der Waals surface area contributed by atoms with Gasteiger partial charge < -0.3 is 0 Å². The van der Waals surface area contributed by atoms with Gasteiger partial charge in [0.15, 0.2) is 0 Å². The van der Waals surface area contributed by atoms with Gasteiger partial charge in [-0.3, -0.25) is 15.1 Å². The maximum atomic E-state index is 11.3. The Labute approximate surface area is 212 Å². The summed E-state index contributed by atoms with van der Waals surface area (Å²) in [5.41, 5.74) is 1.89.